The number of benzene rings is 2. The van der Waals surface area contributed by atoms with Gasteiger partial charge in [0.25, 0.3) is 0 Å². The number of carbonyl (C=O) groups is 1. The first kappa shape index (κ1) is 16.6. The van der Waals surface area contributed by atoms with Gasteiger partial charge >= 0.3 is 5.97 Å². The van der Waals surface area contributed by atoms with E-state index in [1.807, 2.05) is 57.4 Å². The quantitative estimate of drug-likeness (QED) is 0.751. The number of nitrogens with zero attached hydrogens (tertiary/aromatic N) is 1. The van der Waals surface area contributed by atoms with E-state index in [1.54, 1.807) is 11.8 Å². The van der Waals surface area contributed by atoms with E-state index in [0.717, 1.165) is 16.3 Å². The normalized spacial score (nSPS) is 10.7. The largest absolute Gasteiger partial charge is 0.462 e. The Bertz CT molecular complexity index is 640. The zero-order valence-electron chi connectivity index (χ0n) is 13.2. The van der Waals surface area contributed by atoms with Crippen molar-refractivity contribution in [3.63, 3.8) is 0 Å². The second-order valence-electron chi connectivity index (χ2n) is 5.16. The van der Waals surface area contributed by atoms with Crippen LogP contribution in [0.15, 0.2) is 58.3 Å². The summed E-state index contributed by atoms with van der Waals surface area (Å²) >= 11 is 1.61. The zero-order valence-corrected chi connectivity index (χ0v) is 14.0. The molecule has 2 aromatic carbocycles. The van der Waals surface area contributed by atoms with Gasteiger partial charge in [-0.25, -0.2) is 4.79 Å². The predicted octanol–water partition coefficient (Wildman–Crippen LogP) is 4.08. The summed E-state index contributed by atoms with van der Waals surface area (Å²) in [5.74, 6) is -0.268. The minimum Gasteiger partial charge on any atom is -0.462 e. The summed E-state index contributed by atoms with van der Waals surface area (Å²) in [6.07, 6.45) is 0. The zero-order chi connectivity index (χ0) is 15.9. The van der Waals surface area contributed by atoms with E-state index < -0.39 is 0 Å². The summed E-state index contributed by atoms with van der Waals surface area (Å²) in [5.41, 5.74) is 1.87. The van der Waals surface area contributed by atoms with Crippen LogP contribution in [0.4, 0.5) is 0 Å². The molecule has 0 unspecified atom stereocenters. The molecule has 0 aliphatic carbocycles. The molecule has 0 fully saturated rings. The number of carbonyl (C=O) groups excluding carboxylic acids is 1. The third-order valence-corrected chi connectivity index (χ3v) is 4.26. The van der Waals surface area contributed by atoms with Crippen molar-refractivity contribution < 1.29 is 9.53 Å². The van der Waals surface area contributed by atoms with Crippen LogP contribution in [0.3, 0.4) is 0 Å². The number of hydrogen-bond acceptors (Lipinski definition) is 4. The highest BCUT2D eigenvalue weighted by Crippen LogP contribution is 2.33. The van der Waals surface area contributed by atoms with Gasteiger partial charge in [0.05, 0.1) is 12.2 Å². The number of hydrogen-bond donors (Lipinski definition) is 0. The van der Waals surface area contributed by atoms with E-state index in [9.17, 15) is 4.79 Å². The van der Waals surface area contributed by atoms with Crippen molar-refractivity contribution in [1.82, 2.24) is 4.90 Å². The fourth-order valence-electron chi connectivity index (χ4n) is 2.13. The lowest BCUT2D eigenvalue weighted by molar-refractivity contribution is 0.0522. The first-order chi connectivity index (χ1) is 10.6. The van der Waals surface area contributed by atoms with Gasteiger partial charge in [0, 0.05) is 16.3 Å². The summed E-state index contributed by atoms with van der Waals surface area (Å²) in [6.45, 7) is 3.07. The van der Waals surface area contributed by atoms with E-state index in [1.165, 1.54) is 5.56 Å². The molecule has 0 saturated carbocycles. The first-order valence-electron chi connectivity index (χ1n) is 7.28. The van der Waals surface area contributed by atoms with Crippen LogP contribution in [0, 0.1) is 0 Å². The van der Waals surface area contributed by atoms with E-state index in [4.69, 9.17) is 4.74 Å². The van der Waals surface area contributed by atoms with E-state index in [-0.39, 0.29) is 5.97 Å². The van der Waals surface area contributed by atoms with Gasteiger partial charge in [0.15, 0.2) is 0 Å². The van der Waals surface area contributed by atoms with Gasteiger partial charge < -0.3 is 9.64 Å². The summed E-state index contributed by atoms with van der Waals surface area (Å²) in [7, 11) is 4.10. The summed E-state index contributed by atoms with van der Waals surface area (Å²) in [5, 5.41) is 0. The lowest BCUT2D eigenvalue weighted by Gasteiger charge is -2.15. The van der Waals surface area contributed by atoms with Crippen LogP contribution in [-0.2, 0) is 11.3 Å². The Morgan fingerprint density at radius 2 is 1.68 bits per heavy atom. The molecule has 4 heteroatoms. The maximum atomic E-state index is 12.1. The Balaban J connectivity index is 2.30. The molecular weight excluding hydrogens is 294 g/mol. The fraction of sp³-hybridized carbons (Fsp3) is 0.278. The molecule has 0 radical (unpaired) electrons. The molecule has 0 bridgehead atoms. The Labute approximate surface area is 136 Å². The maximum absolute atomic E-state index is 12.1. The molecule has 0 aromatic heterocycles. The second kappa shape index (κ2) is 8.01. The van der Waals surface area contributed by atoms with Crippen LogP contribution < -0.4 is 0 Å². The van der Waals surface area contributed by atoms with Gasteiger partial charge in [-0.2, -0.15) is 0 Å². The number of rotatable bonds is 6. The van der Waals surface area contributed by atoms with Crippen molar-refractivity contribution >= 4 is 17.7 Å². The van der Waals surface area contributed by atoms with Crippen molar-refractivity contribution in [2.75, 3.05) is 20.7 Å². The van der Waals surface area contributed by atoms with Crippen LogP contribution in [0.5, 0.6) is 0 Å². The van der Waals surface area contributed by atoms with Gasteiger partial charge in [-0.3, -0.25) is 0 Å². The molecule has 0 amide bonds. The van der Waals surface area contributed by atoms with Crippen LogP contribution >= 0.6 is 11.8 Å². The highest BCUT2D eigenvalue weighted by atomic mass is 32.2. The monoisotopic (exact) mass is 315 g/mol. The standard InChI is InChI=1S/C18H21NO2S/c1-4-21-18(20)15-10-6-8-12-17(15)22-16-11-7-5-9-14(16)13-19(2)3/h5-12H,4,13H2,1-3H3. The predicted molar refractivity (Wildman–Crippen MR) is 90.4 cm³/mol. The van der Waals surface area contributed by atoms with Crippen LogP contribution in [0.25, 0.3) is 0 Å². The van der Waals surface area contributed by atoms with E-state index >= 15 is 0 Å². The highest BCUT2D eigenvalue weighted by molar-refractivity contribution is 7.99. The van der Waals surface area contributed by atoms with Gasteiger partial charge in [-0.05, 0) is 44.8 Å². The minimum atomic E-state index is -0.268. The van der Waals surface area contributed by atoms with Crippen molar-refractivity contribution in [2.24, 2.45) is 0 Å². The van der Waals surface area contributed by atoms with Crippen molar-refractivity contribution in [3.05, 3.63) is 59.7 Å². The molecule has 0 aliphatic rings. The number of esters is 1. The smallest absolute Gasteiger partial charge is 0.339 e. The molecule has 0 N–H and O–H groups in total. The molecule has 0 spiro atoms. The average Bonchev–Trinajstić information content (AvgIpc) is 2.49. The Kier molecular flexibility index (Phi) is 6.04. The van der Waals surface area contributed by atoms with Gasteiger partial charge in [0.1, 0.15) is 0 Å². The second-order valence-corrected chi connectivity index (χ2v) is 6.25. The molecule has 2 aromatic rings. The SMILES string of the molecule is CCOC(=O)c1ccccc1Sc1ccccc1CN(C)C. The molecule has 2 rings (SSSR count). The molecule has 3 nitrogen and oxygen atoms in total. The van der Waals surface area contributed by atoms with Crippen LogP contribution in [0.1, 0.15) is 22.8 Å². The minimum absolute atomic E-state index is 0.268. The summed E-state index contributed by atoms with van der Waals surface area (Å²) in [6, 6.07) is 15.9. The molecule has 116 valence electrons. The summed E-state index contributed by atoms with van der Waals surface area (Å²) in [4.78, 5) is 16.3. The molecule has 22 heavy (non-hydrogen) atoms. The molecule has 0 saturated heterocycles. The van der Waals surface area contributed by atoms with Crippen molar-refractivity contribution in [1.29, 1.82) is 0 Å². The van der Waals surface area contributed by atoms with Crippen molar-refractivity contribution in [2.45, 2.75) is 23.3 Å². The Hall–Kier alpha value is -1.78. The van der Waals surface area contributed by atoms with E-state index in [0.29, 0.717) is 12.2 Å². The average molecular weight is 315 g/mol. The summed E-state index contributed by atoms with van der Waals surface area (Å²) < 4.78 is 5.14. The van der Waals surface area contributed by atoms with E-state index in [2.05, 4.69) is 17.0 Å². The lowest BCUT2D eigenvalue weighted by Crippen LogP contribution is -2.11. The van der Waals surface area contributed by atoms with Crippen molar-refractivity contribution in [3.8, 4) is 0 Å². The topological polar surface area (TPSA) is 29.5 Å². The third-order valence-electron chi connectivity index (χ3n) is 3.06. The van der Waals surface area contributed by atoms with Crippen LogP contribution in [-0.4, -0.2) is 31.6 Å². The van der Waals surface area contributed by atoms with Gasteiger partial charge in [-0.1, -0.05) is 42.1 Å². The Morgan fingerprint density at radius 3 is 2.36 bits per heavy atom. The number of ether oxygens (including phenoxy) is 1. The fourth-order valence-corrected chi connectivity index (χ4v) is 3.18. The van der Waals surface area contributed by atoms with Gasteiger partial charge in [0.2, 0.25) is 0 Å². The molecular formula is C18H21NO2S. The third kappa shape index (κ3) is 4.36. The molecule has 0 aliphatic heterocycles. The molecule has 0 heterocycles. The lowest BCUT2D eigenvalue weighted by atomic mass is 10.2. The maximum Gasteiger partial charge on any atom is 0.339 e. The van der Waals surface area contributed by atoms with Crippen LogP contribution in [0.2, 0.25) is 0 Å². The molecule has 0 atom stereocenters. The highest BCUT2D eigenvalue weighted by Gasteiger charge is 2.14. The van der Waals surface area contributed by atoms with Gasteiger partial charge in [-0.15, -0.1) is 0 Å². The first-order valence-corrected chi connectivity index (χ1v) is 8.10. The Morgan fingerprint density at radius 1 is 1.05 bits per heavy atom.